The zero-order valence-electron chi connectivity index (χ0n) is 11.8. The van der Waals surface area contributed by atoms with Gasteiger partial charge in [-0.3, -0.25) is 14.9 Å². The van der Waals surface area contributed by atoms with Gasteiger partial charge in [0, 0.05) is 11.6 Å². The van der Waals surface area contributed by atoms with E-state index in [0.717, 1.165) is 0 Å². The molecular weight excluding hydrogens is 284 g/mol. The first-order chi connectivity index (χ1) is 9.19. The number of methoxy groups -OCH3 is 1. The first kappa shape index (κ1) is 16.2. The highest BCUT2D eigenvalue weighted by molar-refractivity contribution is 6.21. The summed E-state index contributed by atoms with van der Waals surface area (Å²) >= 11 is 5.99. The van der Waals surface area contributed by atoms with Gasteiger partial charge in [-0.1, -0.05) is 0 Å². The number of nitro benzene ring substituents is 1. The number of nitro groups is 1. The van der Waals surface area contributed by atoms with Crippen molar-refractivity contribution in [3.05, 3.63) is 33.9 Å². The van der Waals surface area contributed by atoms with Crippen molar-refractivity contribution in [1.29, 1.82) is 0 Å². The number of benzene rings is 1. The number of amides is 1. The molecule has 20 heavy (non-hydrogen) atoms. The average molecular weight is 301 g/mol. The van der Waals surface area contributed by atoms with Crippen molar-refractivity contribution in [3.8, 4) is 5.75 Å². The van der Waals surface area contributed by atoms with Gasteiger partial charge < -0.3 is 10.1 Å². The van der Waals surface area contributed by atoms with Crippen LogP contribution >= 0.6 is 11.6 Å². The smallest absolute Gasteiger partial charge is 0.311 e. The standard InChI is InChI=1S/C13H17ClN2O4/c1-8(14)13(2,3)15-12(17)9-5-6-11(20-4)10(7-9)16(18)19/h5-8H,1-4H3,(H,15,17). The fraction of sp³-hybridized carbons (Fsp3) is 0.462. The van der Waals surface area contributed by atoms with E-state index in [0.29, 0.717) is 0 Å². The van der Waals surface area contributed by atoms with Crippen LogP contribution in [0.4, 0.5) is 5.69 Å². The Morgan fingerprint density at radius 3 is 2.55 bits per heavy atom. The number of rotatable bonds is 5. The first-order valence-corrected chi connectivity index (χ1v) is 6.41. The predicted octanol–water partition coefficient (Wildman–Crippen LogP) is 2.74. The third-order valence-electron chi connectivity index (χ3n) is 3.07. The summed E-state index contributed by atoms with van der Waals surface area (Å²) in [6.45, 7) is 5.32. The fourth-order valence-electron chi connectivity index (χ4n) is 1.44. The highest BCUT2D eigenvalue weighted by Gasteiger charge is 2.27. The van der Waals surface area contributed by atoms with Crippen LogP contribution in [0.1, 0.15) is 31.1 Å². The molecule has 7 heteroatoms. The van der Waals surface area contributed by atoms with E-state index >= 15 is 0 Å². The fourth-order valence-corrected chi connectivity index (χ4v) is 1.49. The summed E-state index contributed by atoms with van der Waals surface area (Å²) in [5.41, 5.74) is -0.701. The molecule has 1 atom stereocenters. The summed E-state index contributed by atoms with van der Waals surface area (Å²) < 4.78 is 4.89. The molecule has 0 spiro atoms. The molecule has 0 bridgehead atoms. The van der Waals surface area contributed by atoms with Crippen LogP contribution in [0.15, 0.2) is 18.2 Å². The summed E-state index contributed by atoms with van der Waals surface area (Å²) in [4.78, 5) is 22.4. The van der Waals surface area contributed by atoms with E-state index in [9.17, 15) is 14.9 Å². The number of hydrogen-bond acceptors (Lipinski definition) is 4. The SMILES string of the molecule is COc1ccc(C(=O)NC(C)(C)C(C)Cl)cc1[N+](=O)[O-]. The van der Waals surface area contributed by atoms with Gasteiger partial charge in [0.2, 0.25) is 0 Å². The molecule has 0 saturated heterocycles. The number of carbonyl (C=O) groups excluding carboxylic acids is 1. The summed E-state index contributed by atoms with van der Waals surface area (Å²) in [7, 11) is 1.33. The number of ether oxygens (including phenoxy) is 1. The zero-order valence-corrected chi connectivity index (χ0v) is 12.5. The lowest BCUT2D eigenvalue weighted by Gasteiger charge is -2.28. The summed E-state index contributed by atoms with van der Waals surface area (Å²) in [6.07, 6.45) is 0. The third kappa shape index (κ3) is 3.60. The molecule has 1 amide bonds. The molecule has 1 aromatic rings. The van der Waals surface area contributed by atoms with Crippen LogP contribution in [0.25, 0.3) is 0 Å². The van der Waals surface area contributed by atoms with Gasteiger partial charge in [-0.15, -0.1) is 11.6 Å². The van der Waals surface area contributed by atoms with Gasteiger partial charge in [-0.25, -0.2) is 0 Å². The second kappa shape index (κ2) is 6.09. The highest BCUT2D eigenvalue weighted by Crippen LogP contribution is 2.27. The maximum atomic E-state index is 12.1. The van der Waals surface area contributed by atoms with E-state index in [1.165, 1.54) is 25.3 Å². The van der Waals surface area contributed by atoms with Gasteiger partial charge >= 0.3 is 5.69 Å². The minimum absolute atomic E-state index is 0.108. The molecule has 1 N–H and O–H groups in total. The van der Waals surface area contributed by atoms with Crippen molar-refractivity contribution in [2.45, 2.75) is 31.7 Å². The first-order valence-electron chi connectivity index (χ1n) is 5.98. The molecule has 0 aliphatic heterocycles. The maximum Gasteiger partial charge on any atom is 0.311 e. The molecule has 0 saturated carbocycles. The third-order valence-corrected chi connectivity index (χ3v) is 3.61. The van der Waals surface area contributed by atoms with Crippen LogP contribution in [-0.2, 0) is 0 Å². The van der Waals surface area contributed by atoms with Crippen LogP contribution < -0.4 is 10.1 Å². The minimum Gasteiger partial charge on any atom is -0.490 e. The molecular formula is C13H17ClN2O4. The average Bonchev–Trinajstić information content (AvgIpc) is 2.37. The number of carbonyl (C=O) groups is 1. The Balaban J connectivity index is 3.06. The Kier molecular flexibility index (Phi) is 4.94. The van der Waals surface area contributed by atoms with Gasteiger partial charge in [0.25, 0.3) is 5.91 Å². The van der Waals surface area contributed by atoms with Gasteiger partial charge in [-0.2, -0.15) is 0 Å². The number of nitrogens with zero attached hydrogens (tertiary/aromatic N) is 1. The van der Waals surface area contributed by atoms with Gasteiger partial charge in [0.1, 0.15) is 0 Å². The Morgan fingerprint density at radius 2 is 2.10 bits per heavy atom. The quantitative estimate of drug-likeness (QED) is 0.515. The molecule has 0 aliphatic carbocycles. The summed E-state index contributed by atoms with van der Waals surface area (Å²) in [5, 5.41) is 13.4. The summed E-state index contributed by atoms with van der Waals surface area (Å²) in [6, 6.07) is 4.05. The van der Waals surface area contributed by atoms with Crippen molar-refractivity contribution in [3.63, 3.8) is 0 Å². The van der Waals surface area contributed by atoms with Gasteiger partial charge in [-0.05, 0) is 32.9 Å². The van der Waals surface area contributed by atoms with Gasteiger partial charge in [0.15, 0.2) is 5.75 Å². The normalized spacial score (nSPS) is 12.7. The van der Waals surface area contributed by atoms with Crippen molar-refractivity contribution in [2.24, 2.45) is 0 Å². The molecule has 1 unspecified atom stereocenters. The molecule has 0 aromatic heterocycles. The van der Waals surface area contributed by atoms with Crippen LogP contribution in [0.2, 0.25) is 0 Å². The zero-order chi connectivity index (χ0) is 15.5. The van der Waals surface area contributed by atoms with Gasteiger partial charge in [0.05, 0.1) is 22.9 Å². The van der Waals surface area contributed by atoms with Crippen molar-refractivity contribution < 1.29 is 14.5 Å². The second-order valence-corrected chi connectivity index (χ2v) is 5.59. The van der Waals surface area contributed by atoms with Crippen molar-refractivity contribution in [1.82, 2.24) is 5.32 Å². The molecule has 6 nitrogen and oxygen atoms in total. The summed E-state index contributed by atoms with van der Waals surface area (Å²) in [5.74, 6) is -0.315. The second-order valence-electron chi connectivity index (χ2n) is 4.94. The molecule has 1 aromatic carbocycles. The van der Waals surface area contributed by atoms with Crippen LogP contribution in [0.5, 0.6) is 5.75 Å². The van der Waals surface area contributed by atoms with Crippen LogP contribution in [0, 0.1) is 10.1 Å². The molecule has 0 heterocycles. The van der Waals surface area contributed by atoms with E-state index in [1.807, 2.05) is 0 Å². The molecule has 0 radical (unpaired) electrons. The molecule has 1 rings (SSSR count). The van der Waals surface area contributed by atoms with Crippen molar-refractivity contribution in [2.75, 3.05) is 7.11 Å². The van der Waals surface area contributed by atoms with E-state index in [-0.39, 0.29) is 22.4 Å². The number of alkyl halides is 1. The molecule has 0 fully saturated rings. The Labute approximate surface area is 122 Å². The molecule has 0 aliphatic rings. The monoisotopic (exact) mass is 300 g/mol. The van der Waals surface area contributed by atoms with Crippen LogP contribution in [0.3, 0.4) is 0 Å². The molecule has 110 valence electrons. The number of nitrogens with one attached hydrogen (secondary N) is 1. The van der Waals surface area contributed by atoms with E-state index in [1.54, 1.807) is 20.8 Å². The number of halogens is 1. The predicted molar refractivity (Wildman–Crippen MR) is 76.5 cm³/mol. The lowest BCUT2D eigenvalue weighted by molar-refractivity contribution is -0.385. The number of hydrogen-bond donors (Lipinski definition) is 1. The minimum atomic E-state index is -0.632. The highest BCUT2D eigenvalue weighted by atomic mass is 35.5. The topological polar surface area (TPSA) is 81.5 Å². The van der Waals surface area contributed by atoms with E-state index in [4.69, 9.17) is 16.3 Å². The van der Waals surface area contributed by atoms with Crippen molar-refractivity contribution >= 4 is 23.2 Å². The van der Waals surface area contributed by atoms with E-state index in [2.05, 4.69) is 5.32 Å². The Morgan fingerprint density at radius 1 is 1.50 bits per heavy atom. The Bertz CT molecular complexity index is 529. The van der Waals surface area contributed by atoms with Crippen LogP contribution in [-0.4, -0.2) is 28.9 Å². The Hall–Kier alpha value is -1.82. The van der Waals surface area contributed by atoms with E-state index < -0.39 is 16.4 Å². The largest absolute Gasteiger partial charge is 0.490 e. The lowest BCUT2D eigenvalue weighted by atomic mass is 10.0. The lowest BCUT2D eigenvalue weighted by Crippen LogP contribution is -2.49. The maximum absolute atomic E-state index is 12.1.